The number of sulfonamides is 1. The summed E-state index contributed by atoms with van der Waals surface area (Å²) in [5, 5.41) is 8.49. The van der Waals surface area contributed by atoms with Crippen LogP contribution in [0.15, 0.2) is 17.3 Å². The van der Waals surface area contributed by atoms with Crippen molar-refractivity contribution in [2.45, 2.75) is 18.4 Å². The quantitative estimate of drug-likeness (QED) is 0.841. The maximum Gasteiger partial charge on any atom is 0.246 e. The van der Waals surface area contributed by atoms with Crippen LogP contribution in [0.1, 0.15) is 11.4 Å². The van der Waals surface area contributed by atoms with Gasteiger partial charge in [0, 0.05) is 27.3 Å². The fourth-order valence-corrected chi connectivity index (χ4v) is 3.46. The lowest BCUT2D eigenvalue weighted by Gasteiger charge is -2.16. The standard InChI is InChI=1S/C11H16ClN5O2S/c1-8-11(7-15(2)14-8)20(18,19)16(3)6-10-9(12)5-13-17(10)4/h5,7H,6H2,1-4H3. The van der Waals surface area contributed by atoms with E-state index in [1.54, 1.807) is 25.7 Å². The molecule has 20 heavy (non-hydrogen) atoms. The molecule has 0 amide bonds. The Labute approximate surface area is 122 Å². The predicted octanol–water partition coefficient (Wildman–Crippen LogP) is 0.936. The zero-order chi connectivity index (χ0) is 15.1. The molecule has 0 spiro atoms. The molecule has 0 aromatic carbocycles. The molecule has 2 aromatic heterocycles. The van der Waals surface area contributed by atoms with Crippen LogP contribution in [0, 0.1) is 6.92 Å². The first-order valence-electron chi connectivity index (χ1n) is 5.86. The third kappa shape index (κ3) is 2.58. The van der Waals surface area contributed by atoms with Gasteiger partial charge >= 0.3 is 0 Å². The molecule has 7 nitrogen and oxygen atoms in total. The van der Waals surface area contributed by atoms with Crippen LogP contribution in [0.5, 0.6) is 0 Å². The molecule has 0 saturated heterocycles. The first-order valence-corrected chi connectivity index (χ1v) is 7.68. The highest BCUT2D eigenvalue weighted by Gasteiger charge is 2.26. The Morgan fingerprint density at radius 1 is 1.40 bits per heavy atom. The molecule has 0 aliphatic carbocycles. The van der Waals surface area contributed by atoms with Crippen molar-refractivity contribution in [3.8, 4) is 0 Å². The summed E-state index contributed by atoms with van der Waals surface area (Å²) in [6.45, 7) is 1.81. The second-order valence-electron chi connectivity index (χ2n) is 4.58. The van der Waals surface area contributed by atoms with Gasteiger partial charge in [0.05, 0.1) is 29.2 Å². The fourth-order valence-electron chi connectivity index (χ4n) is 1.91. The van der Waals surface area contributed by atoms with Gasteiger partial charge in [0.2, 0.25) is 10.0 Å². The summed E-state index contributed by atoms with van der Waals surface area (Å²) in [6, 6.07) is 0. The number of nitrogens with zero attached hydrogens (tertiary/aromatic N) is 5. The van der Waals surface area contributed by atoms with Crippen LogP contribution in [0.2, 0.25) is 5.02 Å². The fraction of sp³-hybridized carbons (Fsp3) is 0.455. The van der Waals surface area contributed by atoms with Crippen molar-refractivity contribution in [3.05, 3.63) is 28.8 Å². The van der Waals surface area contributed by atoms with Gasteiger partial charge in [0.1, 0.15) is 4.90 Å². The van der Waals surface area contributed by atoms with Crippen molar-refractivity contribution in [3.63, 3.8) is 0 Å². The summed E-state index contributed by atoms with van der Waals surface area (Å²) >= 11 is 6.00. The van der Waals surface area contributed by atoms with E-state index in [-0.39, 0.29) is 11.4 Å². The smallest absolute Gasteiger partial charge is 0.246 e. The van der Waals surface area contributed by atoms with Crippen LogP contribution < -0.4 is 0 Å². The van der Waals surface area contributed by atoms with Gasteiger partial charge in [-0.1, -0.05) is 11.6 Å². The zero-order valence-electron chi connectivity index (χ0n) is 11.7. The van der Waals surface area contributed by atoms with Gasteiger partial charge in [0.25, 0.3) is 0 Å². The van der Waals surface area contributed by atoms with E-state index >= 15 is 0 Å². The monoisotopic (exact) mass is 317 g/mol. The number of halogens is 1. The summed E-state index contributed by atoms with van der Waals surface area (Å²) in [5.41, 5.74) is 1.11. The molecule has 0 atom stereocenters. The summed E-state index contributed by atoms with van der Waals surface area (Å²) in [5.74, 6) is 0. The summed E-state index contributed by atoms with van der Waals surface area (Å²) in [4.78, 5) is 0.195. The molecule has 2 heterocycles. The Morgan fingerprint density at radius 2 is 2.05 bits per heavy atom. The second kappa shape index (κ2) is 5.19. The highest BCUT2D eigenvalue weighted by molar-refractivity contribution is 7.89. The highest BCUT2D eigenvalue weighted by Crippen LogP contribution is 2.22. The minimum Gasteiger partial charge on any atom is -0.274 e. The Balaban J connectivity index is 2.33. The second-order valence-corrected chi connectivity index (χ2v) is 7.00. The Kier molecular flexibility index (Phi) is 3.90. The number of rotatable bonds is 4. The molecule has 0 aliphatic heterocycles. The first kappa shape index (κ1) is 15.0. The summed E-state index contributed by atoms with van der Waals surface area (Å²) in [6.07, 6.45) is 2.98. The van der Waals surface area contributed by atoms with E-state index in [9.17, 15) is 8.42 Å². The van der Waals surface area contributed by atoms with E-state index in [4.69, 9.17) is 11.6 Å². The molecule has 0 N–H and O–H groups in total. The predicted molar refractivity (Wildman–Crippen MR) is 74.8 cm³/mol. The SMILES string of the molecule is Cc1nn(C)cc1S(=O)(=O)N(C)Cc1c(Cl)cnn1C. The molecule has 0 radical (unpaired) electrons. The lowest BCUT2D eigenvalue weighted by molar-refractivity contribution is 0.452. The van der Waals surface area contributed by atoms with Crippen molar-refractivity contribution in [2.75, 3.05) is 7.05 Å². The van der Waals surface area contributed by atoms with Crippen molar-refractivity contribution >= 4 is 21.6 Å². The van der Waals surface area contributed by atoms with Crippen LogP contribution in [-0.2, 0) is 30.7 Å². The van der Waals surface area contributed by atoms with Crippen LogP contribution in [0.4, 0.5) is 0 Å². The number of hydrogen-bond acceptors (Lipinski definition) is 4. The molecule has 0 bridgehead atoms. The molecule has 9 heteroatoms. The van der Waals surface area contributed by atoms with E-state index in [1.165, 1.54) is 28.4 Å². The third-order valence-corrected chi connectivity index (χ3v) is 5.26. The van der Waals surface area contributed by atoms with E-state index in [0.29, 0.717) is 16.4 Å². The van der Waals surface area contributed by atoms with Crippen LogP contribution >= 0.6 is 11.6 Å². The number of aromatic nitrogens is 4. The lowest BCUT2D eigenvalue weighted by atomic mass is 10.4. The average Bonchev–Trinajstić information content (AvgIpc) is 2.85. The third-order valence-electron chi connectivity index (χ3n) is 3.04. The molecule has 0 aliphatic rings. The lowest BCUT2D eigenvalue weighted by Crippen LogP contribution is -2.27. The zero-order valence-corrected chi connectivity index (χ0v) is 13.3. The largest absolute Gasteiger partial charge is 0.274 e. The van der Waals surface area contributed by atoms with E-state index in [2.05, 4.69) is 10.2 Å². The molecular weight excluding hydrogens is 302 g/mol. The molecule has 2 aromatic rings. The average molecular weight is 318 g/mol. The van der Waals surface area contributed by atoms with Gasteiger partial charge in [-0.2, -0.15) is 14.5 Å². The van der Waals surface area contributed by atoms with E-state index in [1.807, 2.05) is 0 Å². The van der Waals surface area contributed by atoms with Crippen molar-refractivity contribution < 1.29 is 8.42 Å². The molecule has 0 saturated carbocycles. The van der Waals surface area contributed by atoms with Gasteiger partial charge in [0.15, 0.2) is 0 Å². The maximum atomic E-state index is 12.5. The van der Waals surface area contributed by atoms with Crippen LogP contribution in [0.25, 0.3) is 0 Å². The van der Waals surface area contributed by atoms with Crippen molar-refractivity contribution in [1.29, 1.82) is 0 Å². The van der Waals surface area contributed by atoms with Crippen LogP contribution in [0.3, 0.4) is 0 Å². The first-order chi connectivity index (χ1) is 9.23. The van der Waals surface area contributed by atoms with Gasteiger partial charge in [-0.15, -0.1) is 0 Å². The Bertz CT molecular complexity index is 715. The topological polar surface area (TPSA) is 73.0 Å². The molecule has 0 fully saturated rings. The Morgan fingerprint density at radius 3 is 2.50 bits per heavy atom. The molecule has 2 rings (SSSR count). The van der Waals surface area contributed by atoms with E-state index in [0.717, 1.165) is 0 Å². The molecule has 110 valence electrons. The van der Waals surface area contributed by atoms with Gasteiger partial charge in [-0.05, 0) is 6.92 Å². The minimum absolute atomic E-state index is 0.145. The van der Waals surface area contributed by atoms with Gasteiger partial charge in [-0.25, -0.2) is 8.42 Å². The minimum atomic E-state index is -3.61. The highest BCUT2D eigenvalue weighted by atomic mass is 35.5. The summed E-state index contributed by atoms with van der Waals surface area (Å²) in [7, 11) is 1.30. The molecule has 0 unspecified atom stereocenters. The Hall–Kier alpha value is -1.38. The summed E-state index contributed by atoms with van der Waals surface area (Å²) < 4.78 is 29.3. The van der Waals surface area contributed by atoms with E-state index < -0.39 is 10.0 Å². The van der Waals surface area contributed by atoms with Crippen molar-refractivity contribution in [2.24, 2.45) is 14.1 Å². The van der Waals surface area contributed by atoms with Crippen molar-refractivity contribution in [1.82, 2.24) is 23.9 Å². The van der Waals surface area contributed by atoms with Crippen LogP contribution in [-0.4, -0.2) is 39.3 Å². The molecular formula is C11H16ClN5O2S. The number of hydrogen-bond donors (Lipinski definition) is 0. The van der Waals surface area contributed by atoms with Gasteiger partial charge in [-0.3, -0.25) is 9.36 Å². The number of aryl methyl sites for hydroxylation is 3. The van der Waals surface area contributed by atoms with Gasteiger partial charge < -0.3 is 0 Å². The normalized spacial score (nSPS) is 12.3. The maximum absolute atomic E-state index is 12.5.